The molecule has 1 aliphatic rings. The van der Waals surface area contributed by atoms with Crippen molar-refractivity contribution in [3.8, 4) is 0 Å². The van der Waals surface area contributed by atoms with Crippen molar-refractivity contribution in [2.24, 2.45) is 0 Å². The summed E-state index contributed by atoms with van der Waals surface area (Å²) in [6, 6.07) is 9.07. The van der Waals surface area contributed by atoms with Gasteiger partial charge in [-0.05, 0) is 26.3 Å². The number of carbonyl (C=O) groups is 3. The average molecular weight is 500 g/mol. The minimum Gasteiger partial charge on any atom is -0.435 e. The average Bonchev–Trinajstić information content (AvgIpc) is 2.83. The molecule has 6 atom stereocenters. The Kier molecular flexibility index (Phi) is 11.5. The van der Waals surface area contributed by atoms with Crippen LogP contribution in [0.2, 0.25) is 0 Å². The Morgan fingerprint density at radius 2 is 1.17 bits per heavy atom. The van der Waals surface area contributed by atoms with Gasteiger partial charge in [0.2, 0.25) is 0 Å². The van der Waals surface area contributed by atoms with Gasteiger partial charge in [-0.25, -0.2) is 14.4 Å². The maximum Gasteiger partial charge on any atom is 0.508 e. The van der Waals surface area contributed by atoms with Crippen molar-refractivity contribution in [2.75, 3.05) is 26.9 Å². The Labute approximate surface area is 203 Å². The molecule has 0 saturated heterocycles. The van der Waals surface area contributed by atoms with E-state index >= 15 is 0 Å². The van der Waals surface area contributed by atoms with Gasteiger partial charge in [-0.3, -0.25) is 0 Å². The molecular formula is C23H32O12. The van der Waals surface area contributed by atoms with Gasteiger partial charge in [-0.2, -0.15) is 0 Å². The maximum absolute atomic E-state index is 12.2. The largest absolute Gasteiger partial charge is 0.508 e. The number of benzene rings is 1. The molecule has 0 bridgehead atoms. The number of aliphatic hydroxyl groups is 1. The summed E-state index contributed by atoms with van der Waals surface area (Å²) in [5, 5.41) is 11.1. The lowest BCUT2D eigenvalue weighted by Gasteiger charge is -2.46. The Hall–Kier alpha value is -3.09. The predicted molar refractivity (Wildman–Crippen MR) is 118 cm³/mol. The van der Waals surface area contributed by atoms with Crippen LogP contribution in [0.15, 0.2) is 30.3 Å². The van der Waals surface area contributed by atoms with Crippen LogP contribution in [0.3, 0.4) is 0 Å². The molecule has 0 amide bonds. The Bertz CT molecular complexity index is 801. The van der Waals surface area contributed by atoms with Gasteiger partial charge in [-0.1, -0.05) is 30.3 Å². The highest BCUT2D eigenvalue weighted by Crippen LogP contribution is 2.33. The third-order valence-corrected chi connectivity index (χ3v) is 5.01. The first-order chi connectivity index (χ1) is 16.9. The molecule has 1 aromatic rings. The van der Waals surface area contributed by atoms with Gasteiger partial charge >= 0.3 is 18.5 Å². The van der Waals surface area contributed by atoms with Gasteiger partial charge in [0.15, 0.2) is 18.3 Å². The Morgan fingerprint density at radius 1 is 0.714 bits per heavy atom. The third kappa shape index (κ3) is 7.98. The molecule has 1 fully saturated rings. The van der Waals surface area contributed by atoms with Crippen molar-refractivity contribution in [2.45, 2.75) is 64.0 Å². The number of aliphatic hydroxyl groups excluding tert-OH is 1. The number of hydrogen-bond acceptors (Lipinski definition) is 12. The number of carbonyl (C=O) groups excluding carboxylic acids is 3. The number of rotatable bonds is 10. The van der Waals surface area contributed by atoms with E-state index in [4.69, 9.17) is 37.9 Å². The monoisotopic (exact) mass is 500 g/mol. The molecule has 0 spiro atoms. The SMILES string of the molecule is CCOC(=O)OC1C(O)C(OC(=O)OCC)C(OC(=O)OCC)C(OC)C1OCc1ccccc1. The molecule has 1 N–H and O–H groups in total. The molecule has 35 heavy (non-hydrogen) atoms. The maximum atomic E-state index is 12.2. The van der Waals surface area contributed by atoms with Crippen molar-refractivity contribution >= 4 is 18.5 Å². The van der Waals surface area contributed by atoms with E-state index in [-0.39, 0.29) is 26.4 Å². The van der Waals surface area contributed by atoms with Crippen molar-refractivity contribution in [3.63, 3.8) is 0 Å². The van der Waals surface area contributed by atoms with E-state index in [1.165, 1.54) is 7.11 Å². The lowest BCUT2D eigenvalue weighted by Crippen LogP contribution is -2.67. The number of ether oxygens (including phenoxy) is 8. The molecule has 1 saturated carbocycles. The molecule has 0 aromatic heterocycles. The lowest BCUT2D eigenvalue weighted by atomic mass is 9.84. The van der Waals surface area contributed by atoms with E-state index < -0.39 is 55.1 Å². The van der Waals surface area contributed by atoms with Crippen LogP contribution in [0.25, 0.3) is 0 Å². The van der Waals surface area contributed by atoms with Gasteiger partial charge in [-0.15, -0.1) is 0 Å². The van der Waals surface area contributed by atoms with Crippen molar-refractivity contribution in [1.82, 2.24) is 0 Å². The fraction of sp³-hybridized carbons (Fsp3) is 0.609. The van der Waals surface area contributed by atoms with Crippen LogP contribution in [-0.2, 0) is 44.5 Å². The van der Waals surface area contributed by atoms with Crippen LogP contribution in [0.4, 0.5) is 14.4 Å². The summed E-state index contributed by atoms with van der Waals surface area (Å²) in [6.45, 7) is 4.77. The molecule has 0 radical (unpaired) electrons. The first kappa shape index (κ1) is 28.1. The van der Waals surface area contributed by atoms with Gasteiger partial charge < -0.3 is 43.0 Å². The number of methoxy groups -OCH3 is 1. The summed E-state index contributed by atoms with van der Waals surface area (Å²) >= 11 is 0. The standard InChI is InChI=1S/C23H32O12/c1-5-29-21(25)33-16-15(24)17(34-22(26)30-6-2)20(35-23(27)31-7-3)18(28-4)19(16)32-13-14-11-9-8-10-12-14/h8-12,15-20,24H,5-7,13H2,1-4H3. The first-order valence-electron chi connectivity index (χ1n) is 11.2. The first-order valence-corrected chi connectivity index (χ1v) is 11.2. The normalized spacial score (nSPS) is 25.7. The summed E-state index contributed by atoms with van der Waals surface area (Å²) in [4.78, 5) is 36.4. The highest BCUT2D eigenvalue weighted by molar-refractivity contribution is 5.62. The second-order valence-electron chi connectivity index (χ2n) is 7.25. The molecule has 1 aromatic carbocycles. The summed E-state index contributed by atoms with van der Waals surface area (Å²) in [7, 11) is 1.30. The molecule has 2 rings (SSSR count). The minimum atomic E-state index is -1.71. The number of hydrogen-bond donors (Lipinski definition) is 1. The smallest absolute Gasteiger partial charge is 0.435 e. The van der Waals surface area contributed by atoms with Gasteiger partial charge in [0.25, 0.3) is 0 Å². The topological polar surface area (TPSA) is 145 Å². The van der Waals surface area contributed by atoms with E-state index in [0.717, 1.165) is 5.56 Å². The molecule has 0 heterocycles. The molecule has 196 valence electrons. The second-order valence-corrected chi connectivity index (χ2v) is 7.25. The molecule has 1 aliphatic carbocycles. The van der Waals surface area contributed by atoms with Crippen LogP contribution in [-0.4, -0.2) is 87.1 Å². The zero-order chi connectivity index (χ0) is 25.8. The van der Waals surface area contributed by atoms with Gasteiger partial charge in [0.05, 0.1) is 26.4 Å². The van der Waals surface area contributed by atoms with E-state index in [0.29, 0.717) is 0 Å². The van der Waals surface area contributed by atoms with Crippen molar-refractivity contribution in [1.29, 1.82) is 0 Å². The van der Waals surface area contributed by atoms with E-state index in [9.17, 15) is 19.5 Å². The second kappa shape index (κ2) is 14.3. The molecule has 12 heteroatoms. The predicted octanol–water partition coefficient (Wildman–Crippen LogP) is 2.59. The van der Waals surface area contributed by atoms with Crippen LogP contribution in [0.1, 0.15) is 26.3 Å². The van der Waals surface area contributed by atoms with Crippen LogP contribution in [0, 0.1) is 0 Å². The Morgan fingerprint density at radius 3 is 1.63 bits per heavy atom. The summed E-state index contributed by atoms with van der Waals surface area (Å²) < 4.78 is 41.9. The zero-order valence-electron chi connectivity index (χ0n) is 20.1. The van der Waals surface area contributed by atoms with Crippen LogP contribution in [0.5, 0.6) is 0 Å². The summed E-state index contributed by atoms with van der Waals surface area (Å²) in [6.07, 6.45) is -11.7. The molecule has 12 nitrogen and oxygen atoms in total. The molecule has 6 unspecified atom stereocenters. The molecule has 0 aliphatic heterocycles. The van der Waals surface area contributed by atoms with Gasteiger partial charge in [0.1, 0.15) is 18.3 Å². The van der Waals surface area contributed by atoms with E-state index in [1.807, 2.05) is 30.3 Å². The fourth-order valence-corrected chi connectivity index (χ4v) is 3.56. The zero-order valence-corrected chi connectivity index (χ0v) is 20.1. The fourth-order valence-electron chi connectivity index (χ4n) is 3.56. The lowest BCUT2D eigenvalue weighted by molar-refractivity contribution is -0.250. The third-order valence-electron chi connectivity index (χ3n) is 5.01. The van der Waals surface area contributed by atoms with Crippen molar-refractivity contribution in [3.05, 3.63) is 35.9 Å². The highest BCUT2D eigenvalue weighted by atomic mass is 16.8. The Balaban J connectivity index is 2.42. The minimum absolute atomic E-state index is 0.00960. The van der Waals surface area contributed by atoms with Crippen molar-refractivity contribution < 1.29 is 57.4 Å². The van der Waals surface area contributed by atoms with Crippen LogP contribution >= 0.6 is 0 Å². The van der Waals surface area contributed by atoms with Gasteiger partial charge in [0, 0.05) is 7.11 Å². The summed E-state index contributed by atoms with van der Waals surface area (Å²) in [5.74, 6) is 0. The van der Waals surface area contributed by atoms with E-state index in [2.05, 4.69) is 0 Å². The van der Waals surface area contributed by atoms with E-state index in [1.54, 1.807) is 20.8 Å². The molecular weight excluding hydrogens is 468 g/mol. The summed E-state index contributed by atoms with van der Waals surface area (Å²) in [5.41, 5.74) is 0.777. The highest BCUT2D eigenvalue weighted by Gasteiger charge is 2.57. The quantitative estimate of drug-likeness (QED) is 0.372. The van der Waals surface area contributed by atoms with Crippen LogP contribution < -0.4 is 0 Å².